The Morgan fingerprint density at radius 1 is 0.892 bits per heavy atom. The predicted molar refractivity (Wildman–Crippen MR) is 147 cm³/mol. The van der Waals surface area contributed by atoms with Crippen molar-refractivity contribution in [1.29, 1.82) is 0 Å². The van der Waals surface area contributed by atoms with Crippen LogP contribution in [0, 0.1) is 0 Å². The van der Waals surface area contributed by atoms with Gasteiger partial charge in [-0.2, -0.15) is 0 Å². The molecule has 1 heterocycles. The smallest absolute Gasteiger partial charge is 0.335 e. The number of aryl methyl sites for hydroxylation is 1. The molecule has 1 aliphatic heterocycles. The van der Waals surface area contributed by atoms with E-state index in [1.807, 2.05) is 67.6 Å². The predicted octanol–water partition coefficient (Wildman–Crippen LogP) is 6.41. The Bertz CT molecular complexity index is 1570. The van der Waals surface area contributed by atoms with Gasteiger partial charge in [0.15, 0.2) is 0 Å². The lowest BCUT2D eigenvalue weighted by molar-refractivity contribution is -0.122. The highest BCUT2D eigenvalue weighted by atomic mass is 79.9. The number of rotatable bonds is 6. The lowest BCUT2D eigenvalue weighted by atomic mass is 10.0. The molecule has 4 aromatic rings. The first kappa shape index (κ1) is 24.5. The van der Waals surface area contributed by atoms with Gasteiger partial charge in [-0.3, -0.25) is 14.9 Å². The monoisotopic (exact) mass is 554 g/mol. The van der Waals surface area contributed by atoms with Crippen molar-refractivity contribution in [3.8, 4) is 5.75 Å². The second-order valence-electron chi connectivity index (χ2n) is 8.55. The van der Waals surface area contributed by atoms with Crippen LogP contribution in [0.4, 0.5) is 10.5 Å². The highest BCUT2D eigenvalue weighted by molar-refractivity contribution is 9.10. The molecular formula is C30H23BrN2O4. The van der Waals surface area contributed by atoms with Gasteiger partial charge in [-0.15, -0.1) is 0 Å². The molecule has 1 N–H and O–H groups in total. The summed E-state index contributed by atoms with van der Waals surface area (Å²) in [5.41, 5.74) is 2.66. The molecule has 0 aliphatic carbocycles. The second kappa shape index (κ2) is 10.4. The van der Waals surface area contributed by atoms with Gasteiger partial charge in [0.25, 0.3) is 11.8 Å². The lowest BCUT2D eigenvalue weighted by Gasteiger charge is -2.28. The van der Waals surface area contributed by atoms with E-state index in [4.69, 9.17) is 4.74 Å². The van der Waals surface area contributed by atoms with Gasteiger partial charge in [0, 0.05) is 10.0 Å². The summed E-state index contributed by atoms with van der Waals surface area (Å²) in [4.78, 5) is 39.9. The van der Waals surface area contributed by atoms with Crippen molar-refractivity contribution in [2.24, 2.45) is 0 Å². The number of barbiturate groups is 1. The average molecular weight is 555 g/mol. The summed E-state index contributed by atoms with van der Waals surface area (Å²) in [5, 5.41) is 4.50. The molecule has 184 valence electrons. The maximum Gasteiger partial charge on any atom is 0.335 e. The molecule has 5 rings (SSSR count). The van der Waals surface area contributed by atoms with E-state index in [1.54, 1.807) is 24.3 Å². The molecule has 0 saturated carbocycles. The number of hydrogen-bond donors (Lipinski definition) is 1. The van der Waals surface area contributed by atoms with Crippen LogP contribution in [0.15, 0.2) is 95.0 Å². The van der Waals surface area contributed by atoms with Gasteiger partial charge in [-0.05, 0) is 58.7 Å². The normalized spacial score (nSPS) is 14.8. The fourth-order valence-corrected chi connectivity index (χ4v) is 4.78. The summed E-state index contributed by atoms with van der Waals surface area (Å²) in [6.45, 7) is 2.24. The number of hydrogen-bond acceptors (Lipinski definition) is 4. The highest BCUT2D eigenvalue weighted by Crippen LogP contribution is 2.30. The van der Waals surface area contributed by atoms with Crippen molar-refractivity contribution >= 4 is 56.3 Å². The maximum atomic E-state index is 13.5. The number of anilines is 1. The Morgan fingerprint density at radius 3 is 2.46 bits per heavy atom. The lowest BCUT2D eigenvalue weighted by Crippen LogP contribution is -2.54. The minimum Gasteiger partial charge on any atom is -0.488 e. The fraction of sp³-hybridized carbons (Fsp3) is 0.100. The largest absolute Gasteiger partial charge is 0.488 e. The summed E-state index contributed by atoms with van der Waals surface area (Å²) in [6.07, 6.45) is 2.09. The molecule has 0 aromatic heterocycles. The number of nitrogens with one attached hydrogen (secondary N) is 1. The molecule has 0 radical (unpaired) electrons. The fourth-order valence-electron chi connectivity index (χ4n) is 4.40. The van der Waals surface area contributed by atoms with Gasteiger partial charge in [-0.1, -0.05) is 83.5 Å². The molecule has 6 nitrogen and oxygen atoms in total. The Kier molecular flexibility index (Phi) is 6.88. The molecule has 37 heavy (non-hydrogen) atoms. The zero-order valence-electron chi connectivity index (χ0n) is 20.0. The average Bonchev–Trinajstić information content (AvgIpc) is 2.90. The number of amides is 4. The topological polar surface area (TPSA) is 75.7 Å². The Balaban J connectivity index is 1.50. The number of ether oxygens (including phenoxy) is 1. The van der Waals surface area contributed by atoms with Gasteiger partial charge >= 0.3 is 6.03 Å². The summed E-state index contributed by atoms with van der Waals surface area (Å²) < 4.78 is 6.93. The van der Waals surface area contributed by atoms with E-state index < -0.39 is 17.8 Å². The first-order valence-electron chi connectivity index (χ1n) is 11.8. The van der Waals surface area contributed by atoms with Crippen molar-refractivity contribution in [2.75, 3.05) is 4.90 Å². The van der Waals surface area contributed by atoms with Crippen LogP contribution in [-0.2, 0) is 22.6 Å². The van der Waals surface area contributed by atoms with Crippen LogP contribution < -0.4 is 15.0 Å². The van der Waals surface area contributed by atoms with Gasteiger partial charge in [0.1, 0.15) is 17.9 Å². The number of benzene rings is 4. The number of urea groups is 1. The molecule has 1 fully saturated rings. The van der Waals surface area contributed by atoms with Crippen LogP contribution in [0.25, 0.3) is 16.8 Å². The van der Waals surface area contributed by atoms with Crippen LogP contribution in [0.2, 0.25) is 0 Å². The molecule has 1 saturated heterocycles. The molecular weight excluding hydrogens is 532 g/mol. The molecule has 0 atom stereocenters. The number of carbonyl (C=O) groups excluding carboxylic acids is 3. The Labute approximate surface area is 222 Å². The maximum absolute atomic E-state index is 13.5. The molecule has 0 spiro atoms. The summed E-state index contributed by atoms with van der Waals surface area (Å²) in [6, 6.07) is 25.9. The van der Waals surface area contributed by atoms with Crippen molar-refractivity contribution in [3.63, 3.8) is 0 Å². The first-order valence-corrected chi connectivity index (χ1v) is 12.6. The Morgan fingerprint density at radius 2 is 1.62 bits per heavy atom. The number of carbonyl (C=O) groups is 3. The van der Waals surface area contributed by atoms with Gasteiger partial charge < -0.3 is 4.74 Å². The molecule has 1 aliphatic rings. The van der Waals surface area contributed by atoms with Crippen LogP contribution in [-0.4, -0.2) is 17.8 Å². The summed E-state index contributed by atoms with van der Waals surface area (Å²) in [5.74, 6) is -0.934. The van der Waals surface area contributed by atoms with Crippen molar-refractivity contribution < 1.29 is 19.1 Å². The number of halogens is 1. The van der Waals surface area contributed by atoms with Crippen LogP contribution >= 0.6 is 15.9 Å². The van der Waals surface area contributed by atoms with E-state index in [0.717, 1.165) is 31.3 Å². The zero-order chi connectivity index (χ0) is 25.9. The zero-order valence-corrected chi connectivity index (χ0v) is 21.6. The molecule has 4 amide bonds. The molecule has 4 aromatic carbocycles. The van der Waals surface area contributed by atoms with Gasteiger partial charge in [0.2, 0.25) is 0 Å². The number of para-hydroxylation sites is 1. The molecule has 7 heteroatoms. The standard InChI is InChI=1S/C30H23BrN2O4/c1-2-19-8-4-6-13-26(19)33-29(35)25(28(34)32-30(33)36)17-22-16-23(31)14-15-27(22)37-18-21-11-7-10-20-9-3-5-12-24(20)21/h3-17H,2,18H2,1H3,(H,32,34,36)/b25-17-. The Hall–Kier alpha value is -4.23. The SMILES string of the molecule is CCc1ccccc1N1C(=O)NC(=O)/C(=C/c2cc(Br)ccc2OCc2cccc3ccccc23)C1=O. The third-order valence-electron chi connectivity index (χ3n) is 6.25. The second-order valence-corrected chi connectivity index (χ2v) is 9.46. The van der Waals surface area contributed by atoms with Gasteiger partial charge in [0.05, 0.1) is 5.69 Å². The van der Waals surface area contributed by atoms with E-state index in [1.165, 1.54) is 6.08 Å². The van der Waals surface area contributed by atoms with Crippen LogP contribution in [0.3, 0.4) is 0 Å². The van der Waals surface area contributed by atoms with E-state index >= 15 is 0 Å². The van der Waals surface area contributed by atoms with Crippen LogP contribution in [0.5, 0.6) is 5.75 Å². The number of nitrogens with zero attached hydrogens (tertiary/aromatic N) is 1. The first-order chi connectivity index (χ1) is 18.0. The third-order valence-corrected chi connectivity index (χ3v) is 6.74. The van der Waals surface area contributed by atoms with E-state index in [9.17, 15) is 14.4 Å². The molecule has 0 bridgehead atoms. The minimum atomic E-state index is -0.769. The number of fused-ring (bicyclic) bond motifs is 1. The van der Waals surface area contributed by atoms with E-state index in [2.05, 4.69) is 21.2 Å². The van der Waals surface area contributed by atoms with Gasteiger partial charge in [-0.25, -0.2) is 9.69 Å². The van der Waals surface area contributed by atoms with Crippen molar-refractivity contribution in [2.45, 2.75) is 20.0 Å². The minimum absolute atomic E-state index is 0.154. The van der Waals surface area contributed by atoms with Crippen LogP contribution in [0.1, 0.15) is 23.6 Å². The van der Waals surface area contributed by atoms with Crippen molar-refractivity contribution in [3.05, 3.63) is 112 Å². The van der Waals surface area contributed by atoms with E-state index in [0.29, 0.717) is 30.0 Å². The van der Waals surface area contributed by atoms with E-state index in [-0.39, 0.29) is 5.57 Å². The highest BCUT2D eigenvalue weighted by Gasteiger charge is 2.37. The summed E-state index contributed by atoms with van der Waals surface area (Å²) >= 11 is 3.46. The van der Waals surface area contributed by atoms with Crippen molar-refractivity contribution in [1.82, 2.24) is 5.32 Å². The molecule has 0 unspecified atom stereocenters. The summed E-state index contributed by atoms with van der Waals surface area (Å²) in [7, 11) is 0. The third kappa shape index (κ3) is 4.90. The number of imide groups is 2. The quantitative estimate of drug-likeness (QED) is 0.220.